The van der Waals surface area contributed by atoms with Gasteiger partial charge in [0.25, 0.3) is 11.8 Å². The fraction of sp³-hybridized carbons (Fsp3) is 0.0435. The second-order valence-electron chi connectivity index (χ2n) is 6.88. The maximum absolute atomic E-state index is 14.4. The molecule has 0 bridgehead atoms. The molecule has 0 aromatic heterocycles. The Labute approximate surface area is 180 Å². The van der Waals surface area contributed by atoms with Gasteiger partial charge in [0.2, 0.25) is 0 Å². The normalized spacial score (nSPS) is 13.9. The molecule has 0 aliphatic carbocycles. The second-order valence-corrected chi connectivity index (χ2v) is 7.32. The minimum atomic E-state index is -0.943. The largest absolute Gasteiger partial charge is 0.350 e. The van der Waals surface area contributed by atoms with Crippen molar-refractivity contribution in [2.24, 2.45) is 0 Å². The Morgan fingerprint density at radius 3 is 2.23 bits per heavy atom. The third-order valence-corrected chi connectivity index (χ3v) is 5.06. The van der Waals surface area contributed by atoms with E-state index in [0.29, 0.717) is 15.6 Å². The zero-order chi connectivity index (χ0) is 22.3. The molecule has 2 amide bonds. The van der Waals surface area contributed by atoms with Gasteiger partial charge in [-0.05, 0) is 54.4 Å². The number of hydrogen-bond donors (Lipinski definition) is 1. The molecule has 1 aliphatic heterocycles. The Morgan fingerprint density at radius 1 is 0.839 bits per heavy atom. The fourth-order valence-corrected chi connectivity index (χ4v) is 3.44. The van der Waals surface area contributed by atoms with E-state index in [9.17, 15) is 22.8 Å². The topological polar surface area (TPSA) is 49.4 Å². The molecule has 1 N–H and O–H groups in total. The first-order chi connectivity index (χ1) is 14.8. The van der Waals surface area contributed by atoms with Gasteiger partial charge in [0.05, 0.1) is 11.3 Å². The highest BCUT2D eigenvalue weighted by Gasteiger charge is 2.41. The van der Waals surface area contributed by atoms with E-state index in [-0.39, 0.29) is 16.8 Å². The molecule has 3 aromatic rings. The Balaban J connectivity index is 1.88. The van der Waals surface area contributed by atoms with Crippen LogP contribution < -0.4 is 10.2 Å². The molecular weight excluding hydrogens is 429 g/mol. The van der Waals surface area contributed by atoms with Crippen LogP contribution in [0.5, 0.6) is 0 Å². The van der Waals surface area contributed by atoms with Crippen molar-refractivity contribution in [1.82, 2.24) is 0 Å². The number of anilines is 2. The third kappa shape index (κ3) is 3.80. The minimum absolute atomic E-state index is 0.104. The summed E-state index contributed by atoms with van der Waals surface area (Å²) in [4.78, 5) is 27.0. The lowest BCUT2D eigenvalue weighted by Crippen LogP contribution is -2.33. The molecule has 4 rings (SSSR count). The Hall–Kier alpha value is -3.58. The van der Waals surface area contributed by atoms with Crippen LogP contribution in [0.15, 0.2) is 66.4 Å². The number of aryl methyl sites for hydroxylation is 1. The molecule has 1 aliphatic rings. The number of hydrogen-bond acceptors (Lipinski definition) is 3. The summed E-state index contributed by atoms with van der Waals surface area (Å²) in [5.41, 5.74) is 0.630. The van der Waals surface area contributed by atoms with Gasteiger partial charge in [-0.15, -0.1) is 0 Å². The van der Waals surface area contributed by atoms with Crippen molar-refractivity contribution >= 4 is 40.4 Å². The van der Waals surface area contributed by atoms with Gasteiger partial charge in [0.1, 0.15) is 23.1 Å². The molecule has 0 saturated carbocycles. The number of imide groups is 1. The van der Waals surface area contributed by atoms with Gasteiger partial charge < -0.3 is 5.32 Å². The third-order valence-electron chi connectivity index (χ3n) is 4.83. The number of benzene rings is 3. The van der Waals surface area contributed by atoms with Crippen molar-refractivity contribution in [2.45, 2.75) is 6.92 Å². The Kier molecular flexibility index (Phi) is 5.29. The van der Waals surface area contributed by atoms with E-state index in [4.69, 9.17) is 11.6 Å². The van der Waals surface area contributed by atoms with E-state index in [1.54, 1.807) is 25.1 Å². The van der Waals surface area contributed by atoms with Crippen molar-refractivity contribution in [3.63, 3.8) is 0 Å². The van der Waals surface area contributed by atoms with Crippen molar-refractivity contribution in [3.8, 4) is 0 Å². The smallest absolute Gasteiger partial charge is 0.282 e. The van der Waals surface area contributed by atoms with Crippen LogP contribution in [0.2, 0.25) is 5.02 Å². The summed E-state index contributed by atoms with van der Waals surface area (Å²) in [5, 5.41) is 3.29. The van der Waals surface area contributed by atoms with Crippen molar-refractivity contribution in [3.05, 3.63) is 100.0 Å². The van der Waals surface area contributed by atoms with E-state index in [2.05, 4.69) is 5.32 Å². The van der Waals surface area contributed by atoms with Crippen molar-refractivity contribution < 1.29 is 22.8 Å². The molecule has 0 fully saturated rings. The number of carbonyl (C=O) groups excluding carboxylic acids is 2. The zero-order valence-corrected chi connectivity index (χ0v) is 16.8. The summed E-state index contributed by atoms with van der Waals surface area (Å²) in [6.45, 7) is 1.77. The van der Waals surface area contributed by atoms with Crippen LogP contribution in [0.4, 0.5) is 24.5 Å². The minimum Gasteiger partial charge on any atom is -0.350 e. The highest BCUT2D eigenvalue weighted by molar-refractivity contribution is 6.46. The summed E-state index contributed by atoms with van der Waals surface area (Å²) < 4.78 is 41.6. The average molecular weight is 443 g/mol. The lowest BCUT2D eigenvalue weighted by molar-refractivity contribution is -0.120. The number of nitrogens with one attached hydrogen (secondary N) is 1. The van der Waals surface area contributed by atoms with Crippen molar-refractivity contribution in [2.75, 3.05) is 10.2 Å². The lowest BCUT2D eigenvalue weighted by Gasteiger charge is -2.16. The van der Waals surface area contributed by atoms with E-state index in [0.717, 1.165) is 35.9 Å². The molecule has 0 unspecified atom stereocenters. The van der Waals surface area contributed by atoms with Gasteiger partial charge in [-0.25, -0.2) is 18.1 Å². The molecule has 31 heavy (non-hydrogen) atoms. The summed E-state index contributed by atoms with van der Waals surface area (Å²) in [6, 6.07) is 12.3. The van der Waals surface area contributed by atoms with Gasteiger partial charge >= 0.3 is 0 Å². The molecule has 0 atom stereocenters. The van der Waals surface area contributed by atoms with E-state index >= 15 is 0 Å². The van der Waals surface area contributed by atoms with E-state index < -0.39 is 35.0 Å². The van der Waals surface area contributed by atoms with Crippen LogP contribution in [-0.2, 0) is 9.59 Å². The number of amides is 2. The average Bonchev–Trinajstić information content (AvgIpc) is 2.97. The molecule has 0 radical (unpaired) electrons. The number of rotatable bonds is 4. The summed E-state index contributed by atoms with van der Waals surface area (Å²) in [5.74, 6) is -4.04. The SMILES string of the molecule is Cc1ccc(Cl)cc1NC1=C(c2ccc(F)cc2)C(=O)N(c2cc(F)ccc2F)C1=O. The highest BCUT2D eigenvalue weighted by atomic mass is 35.5. The molecule has 0 saturated heterocycles. The first-order valence-corrected chi connectivity index (χ1v) is 9.51. The van der Waals surface area contributed by atoms with E-state index in [1.807, 2.05) is 0 Å². The Morgan fingerprint density at radius 2 is 1.52 bits per heavy atom. The van der Waals surface area contributed by atoms with Gasteiger partial charge in [0.15, 0.2) is 0 Å². The quantitative estimate of drug-likeness (QED) is 0.546. The molecule has 1 heterocycles. The van der Waals surface area contributed by atoms with Crippen LogP contribution in [0.1, 0.15) is 11.1 Å². The van der Waals surface area contributed by atoms with Crippen LogP contribution in [0.25, 0.3) is 5.57 Å². The van der Waals surface area contributed by atoms with Gasteiger partial charge in [-0.1, -0.05) is 29.8 Å². The van der Waals surface area contributed by atoms with Gasteiger partial charge in [-0.2, -0.15) is 0 Å². The van der Waals surface area contributed by atoms with Crippen LogP contribution >= 0.6 is 11.6 Å². The predicted molar refractivity (Wildman–Crippen MR) is 112 cm³/mol. The van der Waals surface area contributed by atoms with E-state index in [1.165, 1.54) is 12.1 Å². The standard InChI is InChI=1S/C23H14ClF3N2O2/c1-12-2-5-14(24)10-18(12)28-21-20(13-3-6-15(25)7-4-13)22(30)29(23(21)31)19-11-16(26)8-9-17(19)27/h2-11,28H,1H3. The van der Waals surface area contributed by atoms with Gasteiger partial charge in [0, 0.05) is 16.8 Å². The van der Waals surface area contributed by atoms with Crippen molar-refractivity contribution in [1.29, 1.82) is 0 Å². The zero-order valence-electron chi connectivity index (χ0n) is 16.0. The highest BCUT2D eigenvalue weighted by Crippen LogP contribution is 2.36. The summed E-state index contributed by atoms with van der Waals surface area (Å²) >= 11 is 6.05. The monoisotopic (exact) mass is 442 g/mol. The maximum atomic E-state index is 14.4. The molecule has 0 spiro atoms. The van der Waals surface area contributed by atoms with Crippen LogP contribution in [0.3, 0.4) is 0 Å². The molecule has 3 aromatic carbocycles. The first kappa shape index (κ1) is 20.7. The predicted octanol–water partition coefficient (Wildman–Crippen LogP) is 5.46. The summed E-state index contributed by atoms with van der Waals surface area (Å²) in [7, 11) is 0. The lowest BCUT2D eigenvalue weighted by atomic mass is 10.0. The molecule has 4 nitrogen and oxygen atoms in total. The second kappa shape index (κ2) is 7.92. The van der Waals surface area contributed by atoms with Gasteiger partial charge in [-0.3, -0.25) is 9.59 Å². The number of halogens is 4. The first-order valence-electron chi connectivity index (χ1n) is 9.13. The summed E-state index contributed by atoms with van der Waals surface area (Å²) in [6.07, 6.45) is 0. The number of carbonyl (C=O) groups is 2. The van der Waals surface area contributed by atoms with Crippen LogP contribution in [-0.4, -0.2) is 11.8 Å². The maximum Gasteiger partial charge on any atom is 0.282 e. The number of nitrogens with zero attached hydrogens (tertiary/aromatic N) is 1. The molecule has 8 heteroatoms. The fourth-order valence-electron chi connectivity index (χ4n) is 3.27. The molecule has 156 valence electrons. The van der Waals surface area contributed by atoms with Crippen LogP contribution in [0, 0.1) is 24.4 Å². The Bertz CT molecular complexity index is 1260. The molecular formula is C23H14ClF3N2O2.